The van der Waals surface area contributed by atoms with E-state index in [4.69, 9.17) is 71.3 Å². The lowest BCUT2D eigenvalue weighted by Crippen LogP contribution is -2.31. The molecule has 8 aromatic carbocycles. The van der Waals surface area contributed by atoms with E-state index in [-0.39, 0.29) is 11.6 Å². The highest BCUT2D eigenvalue weighted by atomic mass is 35.5. The molecule has 132 heavy (non-hydrogen) atoms. The first-order chi connectivity index (χ1) is 64.6. The fraction of sp³-hybridized carbons (Fsp3) is 0.278. The van der Waals surface area contributed by atoms with Gasteiger partial charge in [-0.1, -0.05) is 82.8 Å². The minimum absolute atomic E-state index is 0.195. The molecule has 4 N–H and O–H groups in total. The summed E-state index contributed by atoms with van der Waals surface area (Å²) in [5.41, 5.74) is 21.1. The van der Waals surface area contributed by atoms with Crippen LogP contribution < -0.4 is 40.9 Å². The second kappa shape index (κ2) is 44.5. The fourth-order valence-corrected chi connectivity index (χ4v) is 18.3. The van der Waals surface area contributed by atoms with Crippen LogP contribution in [0, 0.1) is 25.5 Å². The quantitative estimate of drug-likeness (QED) is 0.0446. The molecule has 0 amide bonds. The predicted molar refractivity (Wildman–Crippen MR) is 542 cm³/mol. The van der Waals surface area contributed by atoms with E-state index >= 15 is 0 Å². The van der Waals surface area contributed by atoms with E-state index in [1.54, 1.807) is 24.5 Å². The van der Waals surface area contributed by atoms with E-state index in [0.717, 1.165) is 225 Å². The molecule has 4 aliphatic heterocycles. The molecule has 0 atom stereocenters. The number of pyridine rings is 6. The van der Waals surface area contributed by atoms with Gasteiger partial charge in [0.2, 0.25) is 11.9 Å². The van der Waals surface area contributed by atoms with Crippen LogP contribution in [-0.4, -0.2) is 102 Å². The number of piperidine rings is 4. The van der Waals surface area contributed by atoms with Crippen molar-refractivity contribution in [1.29, 1.82) is 0 Å². The number of nitrogens with one attached hydrogen (secondary N) is 4. The second-order valence-corrected chi connectivity index (χ2v) is 36.1. The molecule has 0 radical (unpaired) electrons. The first-order valence-electron chi connectivity index (χ1n) is 46.2. The van der Waals surface area contributed by atoms with Gasteiger partial charge in [-0.25, -0.2) is 38.7 Å². The van der Waals surface area contributed by atoms with Gasteiger partial charge in [0, 0.05) is 198 Å². The van der Waals surface area contributed by atoms with Gasteiger partial charge in [-0.2, -0.15) is 0 Å². The SMILES string of the molecule is Cc1cc(CCc2cc(Nc3ccnc4cc(Cl)ccc34)ccc2F)nc(N2CCCCC2)n1.Cc1cc(CCc2cccc(Nc3ccnc4cc(Cl)ccc34)c2)nc(N2CCCCC2)n1.Clc1ccc2c(Nc3cccc(CCc4cccc(N5CCCCC5)n4)c3)ccnc2c1.Fc1ccc(Nc2ccnc3cc(Cl)ccc23)cc1CCc1cccc(N2CCCCC2)n1. The third kappa shape index (κ3) is 24.7. The van der Waals surface area contributed by atoms with E-state index in [1.165, 1.54) is 100 Å². The lowest BCUT2D eigenvalue weighted by Gasteiger charge is -2.28. The van der Waals surface area contributed by atoms with Gasteiger partial charge in [0.05, 0.1) is 22.1 Å². The molecule has 672 valence electrons. The maximum Gasteiger partial charge on any atom is 0.225 e. The number of aryl methyl sites for hydroxylation is 10. The molecule has 16 aromatic rings. The summed E-state index contributed by atoms with van der Waals surface area (Å²) in [6, 6.07) is 74.9. The van der Waals surface area contributed by atoms with Crippen molar-refractivity contribution in [3.05, 3.63) is 343 Å². The highest BCUT2D eigenvalue weighted by Gasteiger charge is 2.21. The summed E-state index contributed by atoms with van der Waals surface area (Å²) in [7, 11) is 0. The third-order valence-corrected chi connectivity index (χ3v) is 25.5. The Kier molecular flexibility index (Phi) is 30.7. The van der Waals surface area contributed by atoms with Gasteiger partial charge in [0.25, 0.3) is 0 Å². The van der Waals surface area contributed by atoms with Crippen molar-refractivity contribution in [3.63, 3.8) is 0 Å². The van der Waals surface area contributed by atoms with Crippen molar-refractivity contribution in [3.8, 4) is 0 Å². The lowest BCUT2D eigenvalue weighted by atomic mass is 10.1. The highest BCUT2D eigenvalue weighted by Crippen LogP contribution is 2.35. The molecule has 18 nitrogen and oxygen atoms in total. The molecule has 0 unspecified atom stereocenters. The summed E-state index contributed by atoms with van der Waals surface area (Å²) in [5.74, 6) is 3.45. The molecular formula is C108H108Cl4F2N18. The van der Waals surface area contributed by atoms with Crippen LogP contribution in [-0.2, 0) is 51.4 Å². The third-order valence-electron chi connectivity index (χ3n) is 24.5. The number of rotatable bonds is 24. The zero-order valence-corrected chi connectivity index (χ0v) is 77.6. The number of hydrogen-bond acceptors (Lipinski definition) is 18. The highest BCUT2D eigenvalue weighted by molar-refractivity contribution is 6.32. The maximum atomic E-state index is 14.7. The topological polar surface area (TPSA) is 190 Å². The largest absolute Gasteiger partial charge is 0.357 e. The van der Waals surface area contributed by atoms with Crippen molar-refractivity contribution < 1.29 is 8.78 Å². The predicted octanol–water partition coefficient (Wildman–Crippen LogP) is 26.9. The zero-order chi connectivity index (χ0) is 90.5. The number of benzene rings is 8. The van der Waals surface area contributed by atoms with Gasteiger partial charge in [0.15, 0.2) is 0 Å². The van der Waals surface area contributed by atoms with Gasteiger partial charge in [-0.15, -0.1) is 0 Å². The van der Waals surface area contributed by atoms with E-state index in [1.807, 2.05) is 141 Å². The van der Waals surface area contributed by atoms with Crippen molar-refractivity contribution >= 4 is 159 Å². The molecule has 0 aliphatic carbocycles. The number of hydrogen-bond donors (Lipinski definition) is 4. The Balaban J connectivity index is 0.000000123. The molecule has 4 aliphatic rings. The Bertz CT molecular complexity index is 6660. The Labute approximate surface area is 791 Å². The second-order valence-electron chi connectivity index (χ2n) is 34.4. The Hall–Kier alpha value is -12.7. The Morgan fingerprint density at radius 2 is 0.583 bits per heavy atom. The molecule has 4 fully saturated rings. The summed E-state index contributed by atoms with van der Waals surface area (Å²) in [5, 5.41) is 20.6. The molecule has 24 heteroatoms. The van der Waals surface area contributed by atoms with Crippen molar-refractivity contribution in [1.82, 2.24) is 49.8 Å². The van der Waals surface area contributed by atoms with E-state index in [0.29, 0.717) is 56.9 Å². The molecule has 0 bridgehead atoms. The smallest absolute Gasteiger partial charge is 0.225 e. The van der Waals surface area contributed by atoms with Crippen LogP contribution in [0.3, 0.4) is 0 Å². The van der Waals surface area contributed by atoms with Crippen LogP contribution in [0.25, 0.3) is 43.6 Å². The lowest BCUT2D eigenvalue weighted by molar-refractivity contribution is 0.566. The number of nitrogens with zero attached hydrogens (tertiary/aromatic N) is 14. The molecule has 8 aromatic heterocycles. The number of halogens is 6. The van der Waals surface area contributed by atoms with Crippen LogP contribution in [0.2, 0.25) is 20.1 Å². The fourth-order valence-electron chi connectivity index (χ4n) is 17.7. The van der Waals surface area contributed by atoms with Crippen molar-refractivity contribution in [2.75, 3.05) is 93.2 Å². The molecule has 12 heterocycles. The maximum absolute atomic E-state index is 14.7. The normalized spacial score (nSPS) is 13.9. The average molecular weight is 1840 g/mol. The van der Waals surface area contributed by atoms with Gasteiger partial charge in [0.1, 0.15) is 23.3 Å². The monoisotopic (exact) mass is 1830 g/mol. The number of aromatic nitrogens is 10. The van der Waals surface area contributed by atoms with Crippen LogP contribution in [0.4, 0.5) is 77.8 Å². The standard InChI is InChI=1S/C27H27ClFN5.C27H26ClFN4.C27H28ClN5.C27H27ClN4/c1-18-15-21(33-27(31-18)34-13-3-2-4-14-34)7-5-19-16-22(8-10-24(19)29)32-25-11-12-30-26-17-20(28)6-9-23(25)26;28-20-8-11-23-25(13-14-30-26(23)18-20)31-22-10-12-24(29)19(17-22)7-9-21-5-4-6-27(32-21)33-15-2-1-3-16-33;1-19-16-23(32-27(30-19)33-14-3-2-4-15-33)10-8-20-6-5-7-22(17-20)31-25-12-13-29-26-18-21(28)9-11-24(25)26;28-21-11-13-24-25(14-15-29-26(24)19-21)30-23-8-4-6-20(18-23)10-12-22-7-5-9-27(31-22)32-16-2-1-3-17-32/h6,8-12,15-17H,2-5,7,13-14H2,1H3,(H,30,32);4-6,8,10-14,17-18H,1-3,7,9,15-16H2,(H,30,31);5-7,9,11-13,16-18H,2-4,8,10,14-15H2,1H3,(H,29,31);4-9,11,13-15,18-19H,1-3,10,12,16-17H2,(H,29,30). The minimum Gasteiger partial charge on any atom is -0.357 e. The molecule has 20 rings (SSSR count). The van der Waals surface area contributed by atoms with E-state index in [9.17, 15) is 8.78 Å². The summed E-state index contributed by atoms with van der Waals surface area (Å²) >= 11 is 24.5. The van der Waals surface area contributed by atoms with Gasteiger partial charge in [-0.05, 0) is 359 Å². The average Bonchev–Trinajstić information content (AvgIpc) is 0.861. The van der Waals surface area contributed by atoms with Crippen molar-refractivity contribution in [2.45, 2.75) is 142 Å². The zero-order valence-electron chi connectivity index (χ0n) is 74.6. The summed E-state index contributed by atoms with van der Waals surface area (Å²) in [4.78, 5) is 55.8. The van der Waals surface area contributed by atoms with E-state index in [2.05, 4.69) is 158 Å². The van der Waals surface area contributed by atoms with Crippen molar-refractivity contribution in [2.24, 2.45) is 0 Å². The van der Waals surface area contributed by atoms with Crippen LogP contribution in [0.15, 0.2) is 255 Å². The van der Waals surface area contributed by atoms with Crippen LogP contribution in [0.1, 0.15) is 133 Å². The van der Waals surface area contributed by atoms with Gasteiger partial charge in [-0.3, -0.25) is 19.9 Å². The summed E-state index contributed by atoms with van der Waals surface area (Å²) in [6.45, 7) is 12.6. The first kappa shape index (κ1) is 91.2. The van der Waals surface area contributed by atoms with Crippen LogP contribution >= 0.6 is 46.4 Å². The van der Waals surface area contributed by atoms with Gasteiger partial charge < -0.3 is 40.9 Å². The minimum atomic E-state index is -0.209. The summed E-state index contributed by atoms with van der Waals surface area (Å²) in [6.07, 6.45) is 28.3. The summed E-state index contributed by atoms with van der Waals surface area (Å²) < 4.78 is 29.3. The van der Waals surface area contributed by atoms with Gasteiger partial charge >= 0.3 is 0 Å². The number of fused-ring (bicyclic) bond motifs is 4. The number of anilines is 12. The molecule has 4 saturated heterocycles. The molecule has 0 spiro atoms. The Morgan fingerprint density at radius 1 is 0.273 bits per heavy atom. The van der Waals surface area contributed by atoms with E-state index < -0.39 is 0 Å². The Morgan fingerprint density at radius 3 is 0.939 bits per heavy atom. The van der Waals surface area contributed by atoms with Crippen LogP contribution in [0.5, 0.6) is 0 Å². The molecular weight excluding hydrogens is 1730 g/mol. The first-order valence-corrected chi connectivity index (χ1v) is 47.7. The molecule has 0 saturated carbocycles.